The summed E-state index contributed by atoms with van der Waals surface area (Å²) in [5.41, 5.74) is 8.12. The zero-order valence-corrected chi connectivity index (χ0v) is 13.3. The van der Waals surface area contributed by atoms with Gasteiger partial charge in [-0.05, 0) is 72.2 Å². The molecule has 1 aliphatic rings. The minimum atomic E-state index is -0.568. The maximum atomic E-state index is 10.6. The third-order valence-corrected chi connectivity index (χ3v) is 4.82. The van der Waals surface area contributed by atoms with Crippen LogP contribution in [0.1, 0.15) is 38.2 Å². The van der Waals surface area contributed by atoms with E-state index < -0.39 is 5.60 Å². The van der Waals surface area contributed by atoms with Crippen molar-refractivity contribution in [2.24, 2.45) is 5.92 Å². The summed E-state index contributed by atoms with van der Waals surface area (Å²) in [4.78, 5) is 0. The van der Waals surface area contributed by atoms with Gasteiger partial charge in [0.05, 0.1) is 5.60 Å². The highest BCUT2D eigenvalue weighted by Crippen LogP contribution is 2.33. The lowest BCUT2D eigenvalue weighted by atomic mass is 9.79. The lowest BCUT2D eigenvalue weighted by Crippen LogP contribution is -2.40. The Morgan fingerprint density at radius 2 is 2.05 bits per heavy atom. The van der Waals surface area contributed by atoms with Crippen molar-refractivity contribution in [3.8, 4) is 0 Å². The molecular weight excluding hydrogens is 304 g/mol. The van der Waals surface area contributed by atoms with Crippen molar-refractivity contribution >= 4 is 27.3 Å². The molecule has 0 heterocycles. The number of rotatable bonds is 3. The summed E-state index contributed by atoms with van der Waals surface area (Å²) in [6, 6.07) is 3.93. The largest absolute Gasteiger partial charge is 0.398 e. The molecule has 4 N–H and O–H groups in total. The lowest BCUT2D eigenvalue weighted by Gasteiger charge is -2.35. The minimum absolute atomic E-state index is 0.568. The highest BCUT2D eigenvalue weighted by atomic mass is 79.9. The molecule has 1 aliphatic carbocycles. The summed E-state index contributed by atoms with van der Waals surface area (Å²) in [5.74, 6) is 0.741. The Morgan fingerprint density at radius 1 is 1.42 bits per heavy atom. The molecule has 106 valence electrons. The Bertz CT molecular complexity index is 454. The number of nitrogen functional groups attached to an aromatic ring is 1. The van der Waals surface area contributed by atoms with Gasteiger partial charge < -0.3 is 16.2 Å². The third kappa shape index (κ3) is 3.63. The van der Waals surface area contributed by atoms with Crippen LogP contribution in [0.25, 0.3) is 0 Å². The molecule has 1 fully saturated rings. The Hall–Kier alpha value is -0.740. The van der Waals surface area contributed by atoms with Gasteiger partial charge in [0.2, 0.25) is 0 Å². The zero-order valence-electron chi connectivity index (χ0n) is 11.7. The Balaban J connectivity index is 2.01. The van der Waals surface area contributed by atoms with Gasteiger partial charge in [0.1, 0.15) is 0 Å². The normalized spacial score (nSPS) is 27.3. The summed E-state index contributed by atoms with van der Waals surface area (Å²) in [5, 5.41) is 13.9. The molecule has 0 saturated heterocycles. The van der Waals surface area contributed by atoms with Gasteiger partial charge in [-0.1, -0.05) is 6.92 Å². The van der Waals surface area contributed by atoms with E-state index in [-0.39, 0.29) is 0 Å². The molecule has 0 atom stereocenters. The SMILES string of the molecule is Cc1cc(NCC2(O)CCC(C)CC2)c(Br)cc1N. The quantitative estimate of drug-likeness (QED) is 0.742. The van der Waals surface area contributed by atoms with Gasteiger partial charge in [-0.3, -0.25) is 0 Å². The number of hydrogen-bond donors (Lipinski definition) is 3. The smallest absolute Gasteiger partial charge is 0.0819 e. The van der Waals surface area contributed by atoms with Crippen LogP contribution in [-0.4, -0.2) is 17.3 Å². The van der Waals surface area contributed by atoms with E-state index in [1.165, 1.54) is 0 Å². The second kappa shape index (κ2) is 5.71. The standard InChI is InChI=1S/C15H23BrN2O/c1-10-3-5-15(19,6-4-10)9-18-14-7-11(2)13(17)8-12(14)16/h7-8,10,18-19H,3-6,9,17H2,1-2H3. The number of halogens is 1. The van der Waals surface area contributed by atoms with Crippen LogP contribution in [0.3, 0.4) is 0 Å². The van der Waals surface area contributed by atoms with Crippen molar-refractivity contribution in [3.63, 3.8) is 0 Å². The minimum Gasteiger partial charge on any atom is -0.398 e. The van der Waals surface area contributed by atoms with Crippen LogP contribution in [0.5, 0.6) is 0 Å². The summed E-state index contributed by atoms with van der Waals surface area (Å²) < 4.78 is 0.948. The van der Waals surface area contributed by atoms with Gasteiger partial charge in [-0.25, -0.2) is 0 Å². The molecule has 4 heteroatoms. The van der Waals surface area contributed by atoms with Crippen LogP contribution in [0, 0.1) is 12.8 Å². The van der Waals surface area contributed by atoms with Crippen molar-refractivity contribution in [1.29, 1.82) is 0 Å². The van der Waals surface area contributed by atoms with Gasteiger partial charge >= 0.3 is 0 Å². The number of aryl methyl sites for hydroxylation is 1. The molecule has 19 heavy (non-hydrogen) atoms. The van der Waals surface area contributed by atoms with Crippen molar-refractivity contribution in [2.45, 2.75) is 45.1 Å². The summed E-state index contributed by atoms with van der Waals surface area (Å²) in [6.07, 6.45) is 3.99. The predicted octanol–water partition coefficient (Wildman–Crippen LogP) is 3.69. The fraction of sp³-hybridized carbons (Fsp3) is 0.600. The van der Waals surface area contributed by atoms with Crippen molar-refractivity contribution in [1.82, 2.24) is 0 Å². The molecule has 1 saturated carbocycles. The first-order chi connectivity index (χ1) is 8.89. The van der Waals surface area contributed by atoms with E-state index in [4.69, 9.17) is 5.73 Å². The molecule has 1 aromatic rings. The zero-order chi connectivity index (χ0) is 14.0. The number of hydrogen-bond acceptors (Lipinski definition) is 3. The van der Waals surface area contributed by atoms with E-state index in [9.17, 15) is 5.11 Å². The summed E-state index contributed by atoms with van der Waals surface area (Å²) >= 11 is 3.51. The molecule has 2 rings (SSSR count). The molecule has 0 aliphatic heterocycles. The Morgan fingerprint density at radius 3 is 2.68 bits per heavy atom. The van der Waals surface area contributed by atoms with Crippen LogP contribution >= 0.6 is 15.9 Å². The lowest BCUT2D eigenvalue weighted by molar-refractivity contribution is 0.00500. The molecule has 0 unspecified atom stereocenters. The van der Waals surface area contributed by atoms with Crippen molar-refractivity contribution < 1.29 is 5.11 Å². The first-order valence-corrected chi connectivity index (χ1v) is 7.71. The van der Waals surface area contributed by atoms with Gasteiger partial charge in [0, 0.05) is 22.4 Å². The Kier molecular flexibility index (Phi) is 4.41. The van der Waals surface area contributed by atoms with Crippen LogP contribution < -0.4 is 11.1 Å². The van der Waals surface area contributed by atoms with Crippen LogP contribution in [0.15, 0.2) is 16.6 Å². The van der Waals surface area contributed by atoms with Crippen LogP contribution in [0.2, 0.25) is 0 Å². The van der Waals surface area contributed by atoms with E-state index in [1.807, 2.05) is 19.1 Å². The summed E-state index contributed by atoms with van der Waals surface area (Å²) in [6.45, 7) is 4.85. The second-order valence-electron chi connectivity index (χ2n) is 5.95. The van der Waals surface area contributed by atoms with Gasteiger partial charge in [0.25, 0.3) is 0 Å². The first kappa shape index (κ1) is 14.7. The molecule has 0 amide bonds. The van der Waals surface area contributed by atoms with Crippen molar-refractivity contribution in [2.75, 3.05) is 17.6 Å². The molecule has 3 nitrogen and oxygen atoms in total. The van der Waals surface area contributed by atoms with Crippen molar-refractivity contribution in [3.05, 3.63) is 22.2 Å². The average molecular weight is 327 g/mol. The fourth-order valence-corrected chi connectivity index (χ4v) is 3.07. The number of aliphatic hydroxyl groups is 1. The average Bonchev–Trinajstić information content (AvgIpc) is 2.36. The van der Waals surface area contributed by atoms with Crippen LogP contribution in [-0.2, 0) is 0 Å². The van der Waals surface area contributed by atoms with Crippen LogP contribution in [0.4, 0.5) is 11.4 Å². The monoisotopic (exact) mass is 326 g/mol. The fourth-order valence-electron chi connectivity index (χ4n) is 2.57. The van der Waals surface area contributed by atoms with E-state index in [0.717, 1.165) is 53.0 Å². The maximum Gasteiger partial charge on any atom is 0.0819 e. The number of benzene rings is 1. The summed E-state index contributed by atoms with van der Waals surface area (Å²) in [7, 11) is 0. The van der Waals surface area contributed by atoms with Gasteiger partial charge in [0.15, 0.2) is 0 Å². The van der Waals surface area contributed by atoms with Gasteiger partial charge in [-0.2, -0.15) is 0 Å². The highest BCUT2D eigenvalue weighted by molar-refractivity contribution is 9.10. The molecule has 0 bridgehead atoms. The van der Waals surface area contributed by atoms with Gasteiger partial charge in [-0.15, -0.1) is 0 Å². The van der Waals surface area contributed by atoms with E-state index in [1.54, 1.807) is 0 Å². The second-order valence-corrected chi connectivity index (χ2v) is 6.80. The van der Waals surface area contributed by atoms with E-state index in [0.29, 0.717) is 6.54 Å². The molecule has 1 aromatic carbocycles. The topological polar surface area (TPSA) is 58.3 Å². The molecule has 0 spiro atoms. The molecule has 0 aromatic heterocycles. The van der Waals surface area contributed by atoms with E-state index in [2.05, 4.69) is 28.2 Å². The third-order valence-electron chi connectivity index (χ3n) is 4.17. The first-order valence-electron chi connectivity index (χ1n) is 6.91. The number of anilines is 2. The molecule has 0 radical (unpaired) electrons. The van der Waals surface area contributed by atoms with E-state index >= 15 is 0 Å². The highest BCUT2D eigenvalue weighted by Gasteiger charge is 2.31. The number of nitrogens with one attached hydrogen (secondary N) is 1. The maximum absolute atomic E-state index is 10.6. The Labute approximate surface area is 123 Å². The predicted molar refractivity (Wildman–Crippen MR) is 84.4 cm³/mol. The number of nitrogens with two attached hydrogens (primary N) is 1. The molecular formula is C15H23BrN2O.